The molecule has 0 aliphatic carbocycles. The van der Waals surface area contributed by atoms with E-state index in [9.17, 15) is 13.2 Å². The molecule has 0 amide bonds. The van der Waals surface area contributed by atoms with Crippen molar-refractivity contribution in [3.8, 4) is 0 Å². The number of hydrogen-bond donors (Lipinski definition) is 1. The number of alkyl halides is 3. The zero-order valence-electron chi connectivity index (χ0n) is 7.69. The Hall–Kier alpha value is -0.290. The summed E-state index contributed by atoms with van der Waals surface area (Å²) >= 11 is 0. The molecule has 0 aromatic rings. The van der Waals surface area contributed by atoms with Crippen molar-refractivity contribution in [2.24, 2.45) is 5.92 Å². The maximum Gasteiger partial charge on any atom is 0.459 e. The Morgan fingerprint density at radius 2 is 1.85 bits per heavy atom. The minimum absolute atomic E-state index is 0.149. The van der Waals surface area contributed by atoms with Crippen molar-refractivity contribution in [3.05, 3.63) is 0 Å². The fraction of sp³-hybridized carbons (Fsp3) is 1.00. The first kappa shape index (κ1) is 10.8. The quantitative estimate of drug-likeness (QED) is 0.672. The lowest BCUT2D eigenvalue weighted by Gasteiger charge is -2.32. The number of nitrogens with zero attached hydrogens (tertiary/aromatic N) is 1. The highest BCUT2D eigenvalue weighted by Gasteiger charge is 2.38. The Balaban J connectivity index is 2.30. The summed E-state index contributed by atoms with van der Waals surface area (Å²) in [6.45, 7) is 1.12. The van der Waals surface area contributed by atoms with Crippen LogP contribution in [-0.2, 0) is 0 Å². The molecule has 78 valence electrons. The third-order valence-electron chi connectivity index (χ3n) is 2.47. The number of halogens is 3. The topological polar surface area (TPSA) is 15.3 Å². The summed E-state index contributed by atoms with van der Waals surface area (Å²) in [5, 5.41) is 2.99. The van der Waals surface area contributed by atoms with Crippen molar-refractivity contribution in [3.63, 3.8) is 0 Å². The Kier molecular flexibility index (Phi) is 3.55. The van der Waals surface area contributed by atoms with Gasteiger partial charge in [-0.3, -0.25) is 0 Å². The zero-order chi connectivity index (χ0) is 9.90. The van der Waals surface area contributed by atoms with Crippen LogP contribution in [0.15, 0.2) is 0 Å². The SMILES string of the molecule is CNCC1CCN(C(F)(F)F)CC1. The fourth-order valence-corrected chi connectivity index (χ4v) is 1.68. The van der Waals surface area contributed by atoms with E-state index in [0.717, 1.165) is 6.54 Å². The Labute approximate surface area is 76.1 Å². The van der Waals surface area contributed by atoms with Gasteiger partial charge in [-0.15, -0.1) is 0 Å². The van der Waals surface area contributed by atoms with Crippen LogP contribution in [0.3, 0.4) is 0 Å². The van der Waals surface area contributed by atoms with Gasteiger partial charge in [0.1, 0.15) is 0 Å². The highest BCUT2D eigenvalue weighted by atomic mass is 19.4. The van der Waals surface area contributed by atoms with Gasteiger partial charge in [0.25, 0.3) is 0 Å². The molecule has 0 radical (unpaired) electrons. The molecule has 0 aromatic carbocycles. The molecule has 1 N–H and O–H groups in total. The molecule has 1 fully saturated rings. The minimum Gasteiger partial charge on any atom is -0.319 e. The van der Waals surface area contributed by atoms with Gasteiger partial charge in [0.15, 0.2) is 0 Å². The van der Waals surface area contributed by atoms with Crippen LogP contribution in [0.5, 0.6) is 0 Å². The molecule has 1 saturated heterocycles. The molecule has 1 aliphatic rings. The number of likely N-dealkylation sites (tertiary alicyclic amines) is 1. The van der Waals surface area contributed by atoms with Gasteiger partial charge in [0.05, 0.1) is 0 Å². The molecule has 0 bridgehead atoms. The van der Waals surface area contributed by atoms with Crippen molar-refractivity contribution in [2.45, 2.75) is 19.1 Å². The number of hydrogen-bond acceptors (Lipinski definition) is 2. The summed E-state index contributed by atoms with van der Waals surface area (Å²) in [5.41, 5.74) is 0. The molecule has 1 aliphatic heterocycles. The summed E-state index contributed by atoms with van der Waals surface area (Å²) in [6, 6.07) is 0. The Morgan fingerprint density at radius 3 is 2.23 bits per heavy atom. The van der Waals surface area contributed by atoms with Crippen molar-refractivity contribution >= 4 is 0 Å². The fourth-order valence-electron chi connectivity index (χ4n) is 1.68. The molecule has 1 heterocycles. The van der Waals surface area contributed by atoms with E-state index in [1.165, 1.54) is 0 Å². The summed E-state index contributed by atoms with van der Waals surface area (Å²) in [5.74, 6) is 0.406. The van der Waals surface area contributed by atoms with Gasteiger partial charge in [0, 0.05) is 13.1 Å². The monoisotopic (exact) mass is 196 g/mol. The second-order valence-corrected chi connectivity index (χ2v) is 3.46. The molecule has 1 rings (SSSR count). The maximum atomic E-state index is 12.2. The van der Waals surface area contributed by atoms with E-state index in [0.29, 0.717) is 23.7 Å². The van der Waals surface area contributed by atoms with Crippen LogP contribution < -0.4 is 5.32 Å². The van der Waals surface area contributed by atoms with Crippen molar-refractivity contribution in [1.82, 2.24) is 10.2 Å². The van der Waals surface area contributed by atoms with Crippen molar-refractivity contribution in [1.29, 1.82) is 0 Å². The van der Waals surface area contributed by atoms with Gasteiger partial charge in [-0.2, -0.15) is 13.2 Å². The first-order valence-corrected chi connectivity index (χ1v) is 4.50. The lowest BCUT2D eigenvalue weighted by molar-refractivity contribution is -0.251. The highest BCUT2D eigenvalue weighted by molar-refractivity contribution is 4.74. The van der Waals surface area contributed by atoms with E-state index >= 15 is 0 Å². The van der Waals surface area contributed by atoms with E-state index in [4.69, 9.17) is 0 Å². The van der Waals surface area contributed by atoms with Crippen molar-refractivity contribution < 1.29 is 13.2 Å². The number of piperidine rings is 1. The van der Waals surface area contributed by atoms with Crippen LogP contribution >= 0.6 is 0 Å². The molecule has 0 unspecified atom stereocenters. The van der Waals surface area contributed by atoms with Gasteiger partial charge in [0.2, 0.25) is 0 Å². The molecule has 0 aromatic heterocycles. The Bertz CT molecular complexity index is 150. The molecule has 0 saturated carbocycles. The summed E-state index contributed by atoms with van der Waals surface area (Å²) in [6.07, 6.45) is -2.86. The zero-order valence-corrected chi connectivity index (χ0v) is 7.69. The average Bonchev–Trinajstić information content (AvgIpc) is 2.04. The predicted octanol–water partition coefficient (Wildman–Crippen LogP) is 1.44. The molecule has 0 spiro atoms. The Morgan fingerprint density at radius 1 is 1.31 bits per heavy atom. The van der Waals surface area contributed by atoms with Crippen LogP contribution in [0, 0.1) is 5.92 Å². The number of rotatable bonds is 2. The second kappa shape index (κ2) is 4.28. The standard InChI is InChI=1S/C8H15F3N2/c1-12-6-7-2-4-13(5-3-7)8(9,10)11/h7,12H,2-6H2,1H3. The smallest absolute Gasteiger partial charge is 0.319 e. The van der Waals surface area contributed by atoms with Crippen LogP contribution in [0.4, 0.5) is 13.2 Å². The van der Waals surface area contributed by atoms with Crippen LogP contribution in [0.1, 0.15) is 12.8 Å². The summed E-state index contributed by atoms with van der Waals surface area (Å²) in [4.78, 5) is 0.596. The predicted molar refractivity (Wildman–Crippen MR) is 44.3 cm³/mol. The lowest BCUT2D eigenvalue weighted by Crippen LogP contribution is -2.44. The molecular weight excluding hydrogens is 181 g/mol. The third kappa shape index (κ3) is 3.15. The first-order valence-electron chi connectivity index (χ1n) is 4.50. The van der Waals surface area contributed by atoms with Gasteiger partial charge in [-0.05, 0) is 32.4 Å². The summed E-state index contributed by atoms with van der Waals surface area (Å²) in [7, 11) is 1.83. The largest absolute Gasteiger partial charge is 0.459 e. The van der Waals surface area contributed by atoms with E-state index in [1.54, 1.807) is 0 Å². The van der Waals surface area contributed by atoms with Crippen LogP contribution in [-0.4, -0.2) is 37.9 Å². The van der Waals surface area contributed by atoms with E-state index in [2.05, 4.69) is 5.32 Å². The van der Waals surface area contributed by atoms with E-state index in [-0.39, 0.29) is 13.1 Å². The van der Waals surface area contributed by atoms with Crippen molar-refractivity contribution in [2.75, 3.05) is 26.7 Å². The molecule has 0 atom stereocenters. The normalized spacial score (nSPS) is 22.2. The van der Waals surface area contributed by atoms with Gasteiger partial charge in [-0.25, -0.2) is 4.90 Å². The highest BCUT2D eigenvalue weighted by Crippen LogP contribution is 2.27. The average molecular weight is 196 g/mol. The third-order valence-corrected chi connectivity index (χ3v) is 2.47. The molecule has 5 heteroatoms. The van der Waals surface area contributed by atoms with Crippen LogP contribution in [0.25, 0.3) is 0 Å². The maximum absolute atomic E-state index is 12.2. The number of nitrogens with one attached hydrogen (secondary N) is 1. The molecular formula is C8H15F3N2. The minimum atomic E-state index is -4.13. The van der Waals surface area contributed by atoms with Gasteiger partial charge >= 0.3 is 6.30 Å². The second-order valence-electron chi connectivity index (χ2n) is 3.46. The summed E-state index contributed by atoms with van der Waals surface area (Å²) < 4.78 is 36.5. The van der Waals surface area contributed by atoms with Gasteiger partial charge < -0.3 is 5.32 Å². The van der Waals surface area contributed by atoms with Crippen LogP contribution in [0.2, 0.25) is 0 Å². The van der Waals surface area contributed by atoms with E-state index in [1.807, 2.05) is 7.05 Å². The molecule has 13 heavy (non-hydrogen) atoms. The molecule has 2 nitrogen and oxygen atoms in total. The van der Waals surface area contributed by atoms with E-state index < -0.39 is 6.30 Å². The lowest BCUT2D eigenvalue weighted by atomic mass is 9.97. The first-order chi connectivity index (χ1) is 6.04. The van der Waals surface area contributed by atoms with Gasteiger partial charge in [-0.1, -0.05) is 0 Å².